The highest BCUT2D eigenvalue weighted by atomic mass is 16.5. The third-order valence-corrected chi connectivity index (χ3v) is 9.73. The van der Waals surface area contributed by atoms with Gasteiger partial charge in [-0.3, -0.25) is 9.59 Å². The molecule has 0 saturated heterocycles. The molecule has 13 nitrogen and oxygen atoms in total. The van der Waals surface area contributed by atoms with E-state index in [2.05, 4.69) is 0 Å². The van der Waals surface area contributed by atoms with Crippen LogP contribution < -0.4 is 10.9 Å². The molecule has 2 heterocycles. The van der Waals surface area contributed by atoms with E-state index in [4.69, 9.17) is 13.6 Å². The first-order valence-electron chi connectivity index (χ1n) is 15.5. The molecule has 7 rings (SSSR count). The normalized spacial score (nSPS) is 18.2. The van der Waals surface area contributed by atoms with E-state index in [-0.39, 0.29) is 43.8 Å². The van der Waals surface area contributed by atoms with Crippen LogP contribution in [0.4, 0.5) is 0 Å². The van der Waals surface area contributed by atoms with Crippen LogP contribution in [-0.4, -0.2) is 48.0 Å². The standard InChI is InChI=1S/C37H32O13/c1-13-5-17(16-10-21(42)30(44)35-25(16)32(46)27-19(40)6-14(38)8-23(27)49-35)29(37(2,3)12-13)34(48-4)18-11-22(43)31(45)36-26(18)33(47)28-20(41)7-15(39)9-24(28)50-36/h5-11,17,29,34,38-45H,12H2,1-4H3/t17-,29+,34-/m0/s1. The number of methoxy groups -OCH3 is 1. The molecule has 50 heavy (non-hydrogen) atoms. The number of benzene rings is 4. The summed E-state index contributed by atoms with van der Waals surface area (Å²) in [6.07, 6.45) is 1.23. The van der Waals surface area contributed by atoms with E-state index < -0.39 is 91.4 Å². The second-order valence-corrected chi connectivity index (χ2v) is 13.5. The van der Waals surface area contributed by atoms with Crippen LogP contribution in [-0.2, 0) is 4.74 Å². The Morgan fingerprint density at radius 1 is 0.700 bits per heavy atom. The Kier molecular flexibility index (Phi) is 7.12. The van der Waals surface area contributed by atoms with Gasteiger partial charge in [0.2, 0.25) is 22.4 Å². The van der Waals surface area contributed by atoms with E-state index in [1.165, 1.54) is 13.2 Å². The first-order chi connectivity index (χ1) is 23.5. The maximum Gasteiger partial charge on any atom is 0.204 e. The van der Waals surface area contributed by atoms with Gasteiger partial charge in [0.25, 0.3) is 0 Å². The van der Waals surface area contributed by atoms with Gasteiger partial charge < -0.3 is 54.4 Å². The zero-order valence-corrected chi connectivity index (χ0v) is 27.1. The lowest BCUT2D eigenvalue weighted by molar-refractivity contribution is -0.0141. The van der Waals surface area contributed by atoms with Gasteiger partial charge in [0.15, 0.2) is 22.7 Å². The largest absolute Gasteiger partial charge is 0.508 e. The van der Waals surface area contributed by atoms with Crippen molar-refractivity contribution >= 4 is 43.9 Å². The van der Waals surface area contributed by atoms with E-state index in [0.717, 1.165) is 35.9 Å². The molecule has 0 fully saturated rings. The lowest BCUT2D eigenvalue weighted by Crippen LogP contribution is -2.38. The second-order valence-electron chi connectivity index (χ2n) is 13.5. The molecule has 8 N–H and O–H groups in total. The monoisotopic (exact) mass is 684 g/mol. The smallest absolute Gasteiger partial charge is 0.204 e. The minimum absolute atomic E-state index is 0.0647. The van der Waals surface area contributed by atoms with Gasteiger partial charge in [0.1, 0.15) is 44.9 Å². The van der Waals surface area contributed by atoms with Gasteiger partial charge in [0.05, 0.1) is 16.9 Å². The lowest BCUT2D eigenvalue weighted by Gasteiger charge is -2.47. The lowest BCUT2D eigenvalue weighted by atomic mass is 9.59. The molecule has 4 aromatic carbocycles. The number of hydrogen-bond donors (Lipinski definition) is 8. The molecular weight excluding hydrogens is 652 g/mol. The van der Waals surface area contributed by atoms with Crippen molar-refractivity contribution in [2.45, 2.75) is 39.2 Å². The third-order valence-electron chi connectivity index (χ3n) is 9.73. The second kappa shape index (κ2) is 11.0. The highest BCUT2D eigenvalue weighted by Crippen LogP contribution is 2.57. The first-order valence-corrected chi connectivity index (χ1v) is 15.5. The highest BCUT2D eigenvalue weighted by Gasteiger charge is 2.46. The Hall–Kier alpha value is -6.08. The molecule has 258 valence electrons. The zero-order chi connectivity index (χ0) is 36.1. The molecule has 2 aromatic heterocycles. The third kappa shape index (κ3) is 4.65. The Morgan fingerprint density at radius 2 is 1.20 bits per heavy atom. The van der Waals surface area contributed by atoms with E-state index in [1.54, 1.807) is 0 Å². The van der Waals surface area contributed by atoms with Gasteiger partial charge in [-0.15, -0.1) is 0 Å². The van der Waals surface area contributed by atoms with Crippen LogP contribution >= 0.6 is 0 Å². The van der Waals surface area contributed by atoms with E-state index in [0.29, 0.717) is 6.42 Å². The highest BCUT2D eigenvalue weighted by molar-refractivity contribution is 6.00. The Balaban J connectivity index is 1.57. The summed E-state index contributed by atoms with van der Waals surface area (Å²) in [7, 11) is 1.37. The van der Waals surface area contributed by atoms with Gasteiger partial charge >= 0.3 is 0 Å². The van der Waals surface area contributed by atoms with Crippen LogP contribution in [0.5, 0.6) is 46.0 Å². The number of phenolic OH excluding ortho intramolecular Hbond substituents is 8. The van der Waals surface area contributed by atoms with E-state index >= 15 is 0 Å². The molecule has 6 aromatic rings. The summed E-state index contributed by atoms with van der Waals surface area (Å²) in [6.45, 7) is 5.73. The Bertz CT molecular complexity index is 2590. The minimum atomic E-state index is -1.11. The number of hydrogen-bond acceptors (Lipinski definition) is 13. The quantitative estimate of drug-likeness (QED) is 0.0578. The summed E-state index contributed by atoms with van der Waals surface area (Å²) < 4.78 is 17.8. The summed E-state index contributed by atoms with van der Waals surface area (Å²) in [4.78, 5) is 28.3. The van der Waals surface area contributed by atoms with Gasteiger partial charge in [-0.2, -0.15) is 0 Å². The topological polar surface area (TPSA) is 231 Å². The molecule has 0 unspecified atom stereocenters. The summed E-state index contributed by atoms with van der Waals surface area (Å²) in [5.74, 6) is -6.32. The molecule has 0 saturated carbocycles. The van der Waals surface area contributed by atoms with Gasteiger partial charge in [-0.25, -0.2) is 0 Å². The molecule has 1 aliphatic rings. The van der Waals surface area contributed by atoms with Gasteiger partial charge in [-0.1, -0.05) is 25.5 Å². The van der Waals surface area contributed by atoms with Crippen LogP contribution in [0.1, 0.15) is 50.3 Å². The molecular formula is C37H32O13. The van der Waals surface area contributed by atoms with Crippen LogP contribution in [0.2, 0.25) is 0 Å². The SMILES string of the molecule is CO[C@@H](c1cc(O)c(O)c2oc3cc(O)cc(O)c3c(=O)c12)[C@H]1[C@H](c2cc(O)c(O)c3oc4cc(O)cc(O)c4c(=O)c23)C=C(C)CC1(C)C. The van der Waals surface area contributed by atoms with Gasteiger partial charge in [0, 0.05) is 43.2 Å². The van der Waals surface area contributed by atoms with Crippen molar-refractivity contribution in [2.24, 2.45) is 11.3 Å². The minimum Gasteiger partial charge on any atom is -0.508 e. The Morgan fingerprint density at radius 3 is 1.74 bits per heavy atom. The fourth-order valence-corrected chi connectivity index (χ4v) is 7.86. The molecule has 1 aliphatic carbocycles. The average Bonchev–Trinajstić information content (AvgIpc) is 3.01. The van der Waals surface area contributed by atoms with E-state index in [9.17, 15) is 50.4 Å². The predicted molar refractivity (Wildman–Crippen MR) is 181 cm³/mol. The summed E-state index contributed by atoms with van der Waals surface area (Å²) >= 11 is 0. The number of rotatable bonds is 4. The first kappa shape index (κ1) is 32.5. The number of phenols is 8. The summed E-state index contributed by atoms with van der Waals surface area (Å²) in [5, 5.41) is 84.1. The van der Waals surface area contributed by atoms with Crippen molar-refractivity contribution in [3.8, 4) is 46.0 Å². The number of fused-ring (bicyclic) bond motifs is 4. The average molecular weight is 685 g/mol. The van der Waals surface area contributed by atoms with Crippen LogP contribution in [0.3, 0.4) is 0 Å². The maximum absolute atomic E-state index is 14.2. The van der Waals surface area contributed by atoms with Crippen molar-refractivity contribution in [1.29, 1.82) is 0 Å². The molecule has 0 radical (unpaired) electrons. The summed E-state index contributed by atoms with van der Waals surface area (Å²) in [6, 6.07) is 6.48. The molecule has 0 amide bonds. The van der Waals surface area contributed by atoms with Crippen molar-refractivity contribution in [2.75, 3.05) is 7.11 Å². The van der Waals surface area contributed by atoms with E-state index in [1.807, 2.05) is 26.8 Å². The van der Waals surface area contributed by atoms with Crippen LogP contribution in [0.25, 0.3) is 43.9 Å². The fraction of sp³-hybridized carbons (Fsp3) is 0.243. The number of allylic oxidation sites excluding steroid dienone is 2. The molecule has 0 aliphatic heterocycles. The van der Waals surface area contributed by atoms with Crippen molar-refractivity contribution in [1.82, 2.24) is 0 Å². The van der Waals surface area contributed by atoms with Crippen molar-refractivity contribution < 1.29 is 54.4 Å². The Labute approximate surface area is 281 Å². The number of aromatic hydroxyl groups is 8. The fourth-order valence-electron chi connectivity index (χ4n) is 7.86. The number of ether oxygens (including phenoxy) is 1. The predicted octanol–water partition coefficient (Wildman–Crippen LogP) is 6.31. The van der Waals surface area contributed by atoms with Crippen molar-refractivity contribution in [3.63, 3.8) is 0 Å². The molecule has 0 bridgehead atoms. The van der Waals surface area contributed by atoms with Crippen LogP contribution in [0.15, 0.2) is 66.5 Å². The van der Waals surface area contributed by atoms with Gasteiger partial charge in [-0.05, 0) is 42.0 Å². The van der Waals surface area contributed by atoms with Crippen LogP contribution in [0, 0.1) is 11.3 Å². The molecule has 3 atom stereocenters. The zero-order valence-electron chi connectivity index (χ0n) is 27.1. The molecule has 0 spiro atoms. The molecule has 13 heteroatoms. The maximum atomic E-state index is 14.2. The van der Waals surface area contributed by atoms with Crippen molar-refractivity contribution in [3.05, 3.63) is 79.6 Å². The summed E-state index contributed by atoms with van der Waals surface area (Å²) in [5.41, 5.74) is -2.47.